The maximum Gasteiger partial charge on any atom is 0.311 e. The predicted molar refractivity (Wildman–Crippen MR) is 73.5 cm³/mol. The molecule has 0 spiro atoms. The van der Waals surface area contributed by atoms with E-state index in [0.717, 1.165) is 6.26 Å². The molecule has 8 heteroatoms. The third-order valence-electron chi connectivity index (χ3n) is 3.37. The number of rotatable bonds is 6. The number of aliphatic carboxylic acids is 1. The van der Waals surface area contributed by atoms with Crippen LogP contribution in [0.2, 0.25) is 0 Å². The Morgan fingerprint density at radius 1 is 1.30 bits per heavy atom. The standard InChI is InChI=1S/C12H22N2O5S/c1-11(2,3)8(14-20(4,18)19)9(15)13-7-12(5-6-12)10(16)17/h8,14H,5-7H2,1-4H3,(H,13,15)(H,16,17). The zero-order valence-corrected chi connectivity index (χ0v) is 13.0. The molecule has 1 fully saturated rings. The van der Waals surface area contributed by atoms with E-state index in [1.165, 1.54) is 0 Å². The lowest BCUT2D eigenvalue weighted by Gasteiger charge is -2.30. The highest BCUT2D eigenvalue weighted by molar-refractivity contribution is 7.88. The first-order valence-electron chi connectivity index (χ1n) is 6.36. The molecular formula is C12H22N2O5S. The van der Waals surface area contributed by atoms with Gasteiger partial charge in [0.15, 0.2) is 0 Å². The molecule has 0 heterocycles. The largest absolute Gasteiger partial charge is 0.481 e. The lowest BCUT2D eigenvalue weighted by atomic mass is 9.87. The second kappa shape index (κ2) is 5.33. The number of carboxylic acids is 1. The van der Waals surface area contributed by atoms with E-state index in [-0.39, 0.29) is 6.54 Å². The monoisotopic (exact) mass is 306 g/mol. The van der Waals surface area contributed by atoms with Gasteiger partial charge >= 0.3 is 5.97 Å². The average molecular weight is 306 g/mol. The molecule has 0 bridgehead atoms. The zero-order chi connectivity index (χ0) is 15.8. The van der Waals surface area contributed by atoms with Gasteiger partial charge in [-0.1, -0.05) is 20.8 Å². The number of carbonyl (C=O) groups excluding carboxylic acids is 1. The van der Waals surface area contributed by atoms with E-state index in [9.17, 15) is 18.0 Å². The van der Waals surface area contributed by atoms with E-state index in [1.807, 2.05) is 0 Å². The van der Waals surface area contributed by atoms with Crippen LogP contribution in [0.4, 0.5) is 0 Å². The molecule has 7 nitrogen and oxygen atoms in total. The van der Waals surface area contributed by atoms with E-state index in [0.29, 0.717) is 12.8 Å². The molecule has 1 aliphatic carbocycles. The summed E-state index contributed by atoms with van der Waals surface area (Å²) in [5, 5.41) is 11.6. The van der Waals surface area contributed by atoms with Crippen LogP contribution in [0.5, 0.6) is 0 Å². The van der Waals surface area contributed by atoms with Gasteiger partial charge < -0.3 is 10.4 Å². The topological polar surface area (TPSA) is 113 Å². The summed E-state index contributed by atoms with van der Waals surface area (Å²) in [6.45, 7) is 5.23. The van der Waals surface area contributed by atoms with Crippen molar-refractivity contribution in [1.82, 2.24) is 10.0 Å². The molecule has 116 valence electrons. The summed E-state index contributed by atoms with van der Waals surface area (Å²) < 4.78 is 25.0. The summed E-state index contributed by atoms with van der Waals surface area (Å²) in [4.78, 5) is 23.2. The lowest BCUT2D eigenvalue weighted by molar-refractivity contribution is -0.143. The lowest BCUT2D eigenvalue weighted by Crippen LogP contribution is -2.54. The Labute approximate surface area is 119 Å². The second-order valence-corrected chi connectivity index (χ2v) is 8.27. The van der Waals surface area contributed by atoms with Crippen LogP contribution in [-0.2, 0) is 19.6 Å². The van der Waals surface area contributed by atoms with Crippen molar-refractivity contribution in [3.05, 3.63) is 0 Å². The fourth-order valence-electron chi connectivity index (χ4n) is 1.81. The first-order chi connectivity index (χ1) is 8.87. The highest BCUT2D eigenvalue weighted by Crippen LogP contribution is 2.45. The zero-order valence-electron chi connectivity index (χ0n) is 12.2. The fourth-order valence-corrected chi connectivity index (χ4v) is 2.70. The third-order valence-corrected chi connectivity index (χ3v) is 4.03. The molecule has 20 heavy (non-hydrogen) atoms. The van der Waals surface area contributed by atoms with Crippen LogP contribution in [0, 0.1) is 10.8 Å². The molecule has 1 aliphatic rings. The maximum absolute atomic E-state index is 12.1. The van der Waals surface area contributed by atoms with Crippen LogP contribution in [0.15, 0.2) is 0 Å². The summed E-state index contributed by atoms with van der Waals surface area (Å²) in [6.07, 6.45) is 2.04. The Bertz CT molecular complexity index is 502. The van der Waals surface area contributed by atoms with Crippen molar-refractivity contribution >= 4 is 21.9 Å². The number of carbonyl (C=O) groups is 2. The van der Waals surface area contributed by atoms with Gasteiger partial charge in [-0.3, -0.25) is 9.59 Å². The molecule has 1 saturated carbocycles. The quantitative estimate of drug-likeness (QED) is 0.636. The average Bonchev–Trinajstić information content (AvgIpc) is 3.01. The minimum Gasteiger partial charge on any atom is -0.481 e. The van der Waals surface area contributed by atoms with Crippen LogP contribution >= 0.6 is 0 Å². The highest BCUT2D eigenvalue weighted by Gasteiger charge is 2.50. The van der Waals surface area contributed by atoms with Gasteiger partial charge in [0.1, 0.15) is 6.04 Å². The summed E-state index contributed by atoms with van der Waals surface area (Å²) in [5.41, 5.74) is -1.49. The van der Waals surface area contributed by atoms with Crippen LogP contribution in [-0.4, -0.2) is 44.2 Å². The minimum atomic E-state index is -3.53. The Balaban J connectivity index is 2.72. The number of amides is 1. The van der Waals surface area contributed by atoms with Crippen molar-refractivity contribution in [2.75, 3.05) is 12.8 Å². The molecule has 1 unspecified atom stereocenters. The first-order valence-corrected chi connectivity index (χ1v) is 8.25. The SMILES string of the molecule is CC(C)(C)C(NS(C)(=O)=O)C(=O)NCC1(C(=O)O)CC1. The fraction of sp³-hybridized carbons (Fsp3) is 0.833. The van der Waals surface area contributed by atoms with Gasteiger partial charge in [-0.25, -0.2) is 13.1 Å². The number of hydrogen-bond donors (Lipinski definition) is 3. The number of sulfonamides is 1. The van der Waals surface area contributed by atoms with Crippen LogP contribution in [0.1, 0.15) is 33.6 Å². The van der Waals surface area contributed by atoms with Crippen molar-refractivity contribution in [2.45, 2.75) is 39.7 Å². The molecule has 3 N–H and O–H groups in total. The van der Waals surface area contributed by atoms with Gasteiger partial charge in [-0.2, -0.15) is 0 Å². The Hall–Kier alpha value is -1.15. The van der Waals surface area contributed by atoms with Crippen molar-refractivity contribution < 1.29 is 23.1 Å². The van der Waals surface area contributed by atoms with Gasteiger partial charge in [0, 0.05) is 6.54 Å². The molecule has 0 saturated heterocycles. The molecular weight excluding hydrogens is 284 g/mol. The summed E-state index contributed by atoms with van der Waals surface area (Å²) in [6, 6.07) is -0.943. The number of carboxylic acid groups (broad SMARTS) is 1. The molecule has 0 radical (unpaired) electrons. The van der Waals surface area contributed by atoms with Crippen molar-refractivity contribution in [3.8, 4) is 0 Å². The van der Waals surface area contributed by atoms with Gasteiger partial charge in [0.2, 0.25) is 15.9 Å². The third kappa shape index (κ3) is 4.45. The van der Waals surface area contributed by atoms with E-state index >= 15 is 0 Å². The van der Waals surface area contributed by atoms with E-state index in [4.69, 9.17) is 5.11 Å². The van der Waals surface area contributed by atoms with Crippen molar-refractivity contribution in [1.29, 1.82) is 0 Å². The van der Waals surface area contributed by atoms with Gasteiger partial charge in [-0.05, 0) is 18.3 Å². The van der Waals surface area contributed by atoms with Crippen LogP contribution < -0.4 is 10.0 Å². The summed E-state index contributed by atoms with van der Waals surface area (Å²) in [5.74, 6) is -1.43. The van der Waals surface area contributed by atoms with E-state index in [2.05, 4.69) is 10.0 Å². The predicted octanol–water partition coefficient (Wildman–Crippen LogP) is -0.0687. The first kappa shape index (κ1) is 16.9. The van der Waals surface area contributed by atoms with Gasteiger partial charge in [0.25, 0.3) is 0 Å². The Kier molecular flexibility index (Phi) is 4.50. The highest BCUT2D eigenvalue weighted by atomic mass is 32.2. The van der Waals surface area contributed by atoms with E-state index in [1.54, 1.807) is 20.8 Å². The molecule has 0 aromatic carbocycles. The van der Waals surface area contributed by atoms with E-state index < -0.39 is 38.8 Å². The Morgan fingerprint density at radius 3 is 2.10 bits per heavy atom. The number of hydrogen-bond acceptors (Lipinski definition) is 4. The van der Waals surface area contributed by atoms with Crippen LogP contribution in [0.25, 0.3) is 0 Å². The Morgan fingerprint density at radius 2 is 1.80 bits per heavy atom. The molecule has 1 amide bonds. The van der Waals surface area contributed by atoms with Crippen LogP contribution in [0.3, 0.4) is 0 Å². The van der Waals surface area contributed by atoms with Gasteiger partial charge in [-0.15, -0.1) is 0 Å². The molecule has 0 aromatic heterocycles. The minimum absolute atomic E-state index is 0.0270. The molecule has 1 atom stereocenters. The van der Waals surface area contributed by atoms with Gasteiger partial charge in [0.05, 0.1) is 11.7 Å². The summed E-state index contributed by atoms with van der Waals surface area (Å²) >= 11 is 0. The number of nitrogens with one attached hydrogen (secondary N) is 2. The smallest absolute Gasteiger partial charge is 0.311 e. The summed E-state index contributed by atoms with van der Waals surface area (Å²) in [7, 11) is -3.53. The maximum atomic E-state index is 12.1. The van der Waals surface area contributed by atoms with Crippen molar-refractivity contribution in [2.24, 2.45) is 10.8 Å². The molecule has 1 rings (SSSR count). The molecule has 0 aromatic rings. The molecule has 0 aliphatic heterocycles. The second-order valence-electron chi connectivity index (χ2n) is 6.49. The van der Waals surface area contributed by atoms with Crippen molar-refractivity contribution in [3.63, 3.8) is 0 Å². The normalized spacial score (nSPS) is 19.2.